The molecule has 0 unspecified atom stereocenters. The average molecular weight is 283 g/mol. The molecule has 0 bridgehead atoms. The summed E-state index contributed by atoms with van der Waals surface area (Å²) in [5, 5.41) is 8.90. The topological polar surface area (TPSA) is 82.8 Å². The second-order valence-corrected chi connectivity index (χ2v) is 5.44. The smallest absolute Gasteiger partial charge is 0.264 e. The van der Waals surface area contributed by atoms with Crippen LogP contribution in [0.4, 0.5) is 5.69 Å². The van der Waals surface area contributed by atoms with Crippen LogP contribution >= 0.6 is 0 Å². The molecule has 20 heavy (non-hydrogen) atoms. The van der Waals surface area contributed by atoms with Gasteiger partial charge in [-0.3, -0.25) is 4.72 Å². The van der Waals surface area contributed by atoms with Crippen molar-refractivity contribution in [1.82, 2.24) is 4.98 Å². The molecule has 0 saturated carbocycles. The van der Waals surface area contributed by atoms with Crippen molar-refractivity contribution in [2.75, 3.05) is 4.72 Å². The number of pyridine rings is 1. The van der Waals surface area contributed by atoms with Crippen molar-refractivity contribution < 1.29 is 8.42 Å². The number of rotatable bonds is 3. The number of anilines is 1. The predicted octanol–water partition coefficient (Wildman–Crippen LogP) is 1.74. The third kappa shape index (κ3) is 2.77. The molecule has 2 rings (SSSR count). The number of aromatic nitrogens is 1. The molecule has 0 saturated heterocycles. The zero-order valence-electron chi connectivity index (χ0n) is 10.2. The Bertz CT molecular complexity index is 830. The molecule has 98 valence electrons. The van der Waals surface area contributed by atoms with E-state index in [-0.39, 0.29) is 10.6 Å². The number of hydrogen-bond acceptors (Lipinski definition) is 4. The summed E-state index contributed by atoms with van der Waals surface area (Å²) in [5.41, 5.74) is 0.721. The Hall–Kier alpha value is -2.83. The van der Waals surface area contributed by atoms with Gasteiger partial charge in [0.2, 0.25) is 0 Å². The lowest BCUT2D eigenvalue weighted by Gasteiger charge is -2.08. The lowest BCUT2D eigenvalue weighted by Crippen LogP contribution is -2.15. The van der Waals surface area contributed by atoms with E-state index in [1.165, 1.54) is 24.4 Å². The van der Waals surface area contributed by atoms with Gasteiger partial charge in [-0.25, -0.2) is 13.4 Å². The standard InChI is InChI=1S/C14H9N3O2S/c1-2-11-5-3-6-12(9-11)17-20(18,19)14-7-4-8-16-13(14)10-15/h1,3-9,17H. The summed E-state index contributed by atoms with van der Waals surface area (Å²) in [6.07, 6.45) is 6.62. The Kier molecular flexibility index (Phi) is 3.69. The summed E-state index contributed by atoms with van der Waals surface area (Å²) in [7, 11) is -3.88. The first-order valence-corrected chi connectivity index (χ1v) is 7.00. The molecule has 0 fully saturated rings. The van der Waals surface area contributed by atoms with E-state index >= 15 is 0 Å². The van der Waals surface area contributed by atoms with Crippen LogP contribution < -0.4 is 4.72 Å². The highest BCUT2D eigenvalue weighted by Crippen LogP contribution is 2.18. The van der Waals surface area contributed by atoms with E-state index in [0.717, 1.165) is 0 Å². The molecule has 0 radical (unpaired) electrons. The molecule has 1 aromatic heterocycles. The molecule has 0 aliphatic heterocycles. The van der Waals surface area contributed by atoms with Gasteiger partial charge in [0.15, 0.2) is 5.69 Å². The fourth-order valence-corrected chi connectivity index (χ4v) is 2.73. The van der Waals surface area contributed by atoms with Gasteiger partial charge in [-0.2, -0.15) is 5.26 Å². The molecule has 0 amide bonds. The highest BCUT2D eigenvalue weighted by atomic mass is 32.2. The van der Waals surface area contributed by atoms with Gasteiger partial charge < -0.3 is 0 Å². The van der Waals surface area contributed by atoms with E-state index in [4.69, 9.17) is 11.7 Å². The fourth-order valence-electron chi connectivity index (χ4n) is 1.57. The molecule has 1 aromatic carbocycles. The SMILES string of the molecule is C#Cc1cccc(NS(=O)(=O)c2cccnc2C#N)c1. The van der Waals surface area contributed by atoms with Gasteiger partial charge in [0.05, 0.1) is 5.69 Å². The highest BCUT2D eigenvalue weighted by Gasteiger charge is 2.19. The van der Waals surface area contributed by atoms with Gasteiger partial charge in [-0.15, -0.1) is 6.42 Å². The lowest BCUT2D eigenvalue weighted by atomic mass is 10.2. The Morgan fingerprint density at radius 1 is 1.25 bits per heavy atom. The molecule has 1 N–H and O–H groups in total. The van der Waals surface area contributed by atoms with Crippen LogP contribution in [0.5, 0.6) is 0 Å². The third-order valence-corrected chi connectivity index (χ3v) is 3.86. The minimum atomic E-state index is -3.88. The second-order valence-electron chi connectivity index (χ2n) is 3.79. The largest absolute Gasteiger partial charge is 0.280 e. The fraction of sp³-hybridized carbons (Fsp3) is 0. The summed E-state index contributed by atoms with van der Waals surface area (Å²) >= 11 is 0. The van der Waals surface area contributed by atoms with Crippen molar-refractivity contribution >= 4 is 15.7 Å². The molecule has 0 aliphatic carbocycles. The maximum atomic E-state index is 12.2. The number of benzene rings is 1. The first-order valence-electron chi connectivity index (χ1n) is 5.51. The quantitative estimate of drug-likeness (QED) is 0.870. The maximum Gasteiger partial charge on any atom is 0.264 e. The van der Waals surface area contributed by atoms with Gasteiger partial charge in [0, 0.05) is 11.8 Å². The van der Waals surface area contributed by atoms with Crippen LogP contribution in [-0.4, -0.2) is 13.4 Å². The van der Waals surface area contributed by atoms with Crippen molar-refractivity contribution in [1.29, 1.82) is 5.26 Å². The van der Waals surface area contributed by atoms with Crippen molar-refractivity contribution in [3.63, 3.8) is 0 Å². The van der Waals surface area contributed by atoms with E-state index in [0.29, 0.717) is 11.3 Å². The number of nitrogens with one attached hydrogen (secondary N) is 1. The molecule has 0 atom stereocenters. The molecule has 1 heterocycles. The summed E-state index contributed by atoms with van der Waals surface area (Å²) in [6.45, 7) is 0. The number of nitrogens with zero attached hydrogens (tertiary/aromatic N) is 2. The number of nitriles is 1. The van der Waals surface area contributed by atoms with Crippen LogP contribution in [-0.2, 0) is 10.0 Å². The minimum absolute atomic E-state index is 0.159. The van der Waals surface area contributed by atoms with Gasteiger partial charge in [0.1, 0.15) is 11.0 Å². The van der Waals surface area contributed by atoms with Crippen LogP contribution in [0.1, 0.15) is 11.3 Å². The molecule has 5 nitrogen and oxygen atoms in total. The second kappa shape index (κ2) is 5.43. The molecule has 0 aliphatic rings. The minimum Gasteiger partial charge on any atom is -0.280 e. The van der Waals surface area contributed by atoms with Gasteiger partial charge >= 0.3 is 0 Å². The van der Waals surface area contributed by atoms with E-state index in [1.54, 1.807) is 24.3 Å². The van der Waals surface area contributed by atoms with Crippen LogP contribution in [0, 0.1) is 23.7 Å². The normalized spacial score (nSPS) is 10.3. The lowest BCUT2D eigenvalue weighted by molar-refractivity contribution is 0.600. The Morgan fingerprint density at radius 2 is 2.05 bits per heavy atom. The Labute approximate surface area is 117 Å². The number of sulfonamides is 1. The molecule has 2 aromatic rings. The van der Waals surface area contributed by atoms with Crippen LogP contribution in [0.2, 0.25) is 0 Å². The van der Waals surface area contributed by atoms with Gasteiger partial charge in [-0.1, -0.05) is 12.0 Å². The van der Waals surface area contributed by atoms with Crippen molar-refractivity contribution in [3.8, 4) is 18.4 Å². The van der Waals surface area contributed by atoms with Crippen molar-refractivity contribution in [3.05, 3.63) is 53.9 Å². The van der Waals surface area contributed by atoms with Crippen molar-refractivity contribution in [2.24, 2.45) is 0 Å². The molecule has 6 heteroatoms. The monoisotopic (exact) mass is 283 g/mol. The zero-order valence-corrected chi connectivity index (χ0v) is 11.1. The van der Waals surface area contributed by atoms with E-state index in [9.17, 15) is 8.42 Å². The van der Waals surface area contributed by atoms with Crippen LogP contribution in [0.15, 0.2) is 47.5 Å². The Morgan fingerprint density at radius 3 is 2.75 bits per heavy atom. The summed E-state index contributed by atoms with van der Waals surface area (Å²) in [5.74, 6) is 2.42. The van der Waals surface area contributed by atoms with Crippen molar-refractivity contribution in [2.45, 2.75) is 4.90 Å². The van der Waals surface area contributed by atoms with Gasteiger partial charge in [-0.05, 0) is 30.3 Å². The van der Waals surface area contributed by atoms with E-state index in [1.807, 2.05) is 0 Å². The predicted molar refractivity (Wildman–Crippen MR) is 74.1 cm³/mol. The first kappa shape index (κ1) is 13.6. The summed E-state index contributed by atoms with van der Waals surface area (Å²) < 4.78 is 26.8. The van der Waals surface area contributed by atoms with Gasteiger partial charge in [0.25, 0.3) is 10.0 Å². The van der Waals surface area contributed by atoms with Crippen LogP contribution in [0.25, 0.3) is 0 Å². The molecular formula is C14H9N3O2S. The molecular weight excluding hydrogens is 274 g/mol. The number of hydrogen-bond donors (Lipinski definition) is 1. The highest BCUT2D eigenvalue weighted by molar-refractivity contribution is 7.92. The first-order chi connectivity index (χ1) is 9.56. The average Bonchev–Trinajstić information content (AvgIpc) is 2.47. The maximum absolute atomic E-state index is 12.2. The summed E-state index contributed by atoms with van der Waals surface area (Å²) in [4.78, 5) is 3.55. The summed E-state index contributed by atoms with van der Waals surface area (Å²) in [6, 6.07) is 10.9. The number of terminal acetylenes is 1. The Balaban J connectivity index is 2.42. The third-order valence-electron chi connectivity index (χ3n) is 2.45. The zero-order chi connectivity index (χ0) is 14.6. The van der Waals surface area contributed by atoms with E-state index in [2.05, 4.69) is 15.6 Å². The van der Waals surface area contributed by atoms with E-state index < -0.39 is 10.0 Å². The van der Waals surface area contributed by atoms with Crippen LogP contribution in [0.3, 0.4) is 0 Å². The molecule has 0 spiro atoms.